The molecule has 2 aromatic heterocycles. The van der Waals surface area contributed by atoms with Crippen LogP contribution in [0.1, 0.15) is 23.5 Å². The molecule has 0 aromatic carbocycles. The first-order chi connectivity index (χ1) is 9.59. The number of hydrogen-bond donors (Lipinski definition) is 1. The second kappa shape index (κ2) is 5.26. The van der Waals surface area contributed by atoms with Crippen LogP contribution in [0.15, 0.2) is 18.3 Å². The van der Waals surface area contributed by atoms with E-state index in [-0.39, 0.29) is 11.9 Å². The molecule has 1 fully saturated rings. The third-order valence-electron chi connectivity index (χ3n) is 3.82. The predicted octanol–water partition coefficient (Wildman–Crippen LogP) is 2.84. The third kappa shape index (κ3) is 2.16. The molecule has 0 aliphatic carbocycles. The topological polar surface area (TPSA) is 59.2 Å². The van der Waals surface area contributed by atoms with E-state index in [2.05, 4.69) is 18.8 Å². The first kappa shape index (κ1) is 13.7. The highest BCUT2D eigenvalue weighted by atomic mass is 32.2. The summed E-state index contributed by atoms with van der Waals surface area (Å²) in [7, 11) is 0. The molecule has 3 heterocycles. The van der Waals surface area contributed by atoms with Gasteiger partial charge >= 0.3 is 0 Å². The molecule has 0 radical (unpaired) electrons. The standard InChI is InChI=1S/C14H17N3OS2/c1-8-9(2)19-7-6-17(8)14(18)13-11(15)12-10(20-13)4-3-5-16-12/h3-5,8-9H,6-7,15H2,1-2H3. The van der Waals surface area contributed by atoms with E-state index in [1.807, 2.05) is 28.8 Å². The number of carbonyl (C=O) groups is 1. The van der Waals surface area contributed by atoms with Crippen LogP contribution >= 0.6 is 23.1 Å². The molecule has 20 heavy (non-hydrogen) atoms. The number of aromatic nitrogens is 1. The molecule has 2 N–H and O–H groups in total. The zero-order valence-electron chi connectivity index (χ0n) is 11.5. The van der Waals surface area contributed by atoms with Gasteiger partial charge in [0.2, 0.25) is 0 Å². The van der Waals surface area contributed by atoms with Crippen molar-refractivity contribution in [3.63, 3.8) is 0 Å². The third-order valence-corrected chi connectivity index (χ3v) is 6.31. The van der Waals surface area contributed by atoms with Crippen LogP contribution in [-0.4, -0.2) is 39.4 Å². The molecule has 106 valence electrons. The summed E-state index contributed by atoms with van der Waals surface area (Å²) in [4.78, 5) is 19.6. The fourth-order valence-electron chi connectivity index (χ4n) is 2.46. The molecule has 3 rings (SSSR count). The van der Waals surface area contributed by atoms with Crippen molar-refractivity contribution in [3.05, 3.63) is 23.2 Å². The zero-order valence-corrected chi connectivity index (χ0v) is 13.1. The van der Waals surface area contributed by atoms with Crippen LogP contribution in [0.5, 0.6) is 0 Å². The Balaban J connectivity index is 1.98. The first-order valence-electron chi connectivity index (χ1n) is 6.65. The van der Waals surface area contributed by atoms with Gasteiger partial charge in [0.1, 0.15) is 10.4 Å². The van der Waals surface area contributed by atoms with E-state index < -0.39 is 0 Å². The van der Waals surface area contributed by atoms with E-state index in [0.29, 0.717) is 15.8 Å². The summed E-state index contributed by atoms with van der Waals surface area (Å²) in [6.07, 6.45) is 1.71. The predicted molar refractivity (Wildman–Crippen MR) is 86.5 cm³/mol. The Morgan fingerprint density at radius 2 is 2.30 bits per heavy atom. The van der Waals surface area contributed by atoms with E-state index in [1.54, 1.807) is 6.20 Å². The maximum atomic E-state index is 12.8. The molecular formula is C14H17N3OS2. The molecule has 1 saturated heterocycles. The lowest BCUT2D eigenvalue weighted by Crippen LogP contribution is -2.47. The van der Waals surface area contributed by atoms with Crippen LogP contribution in [-0.2, 0) is 0 Å². The Labute approximate surface area is 126 Å². The SMILES string of the molecule is CC1SCCN(C(=O)c2sc3cccnc3c2N)C1C. The molecule has 0 spiro atoms. The van der Waals surface area contributed by atoms with E-state index in [9.17, 15) is 4.79 Å². The number of fused-ring (bicyclic) bond motifs is 1. The van der Waals surface area contributed by atoms with Gasteiger partial charge in [-0.2, -0.15) is 11.8 Å². The summed E-state index contributed by atoms with van der Waals surface area (Å²) in [5.74, 6) is 1.03. The van der Waals surface area contributed by atoms with Gasteiger partial charge in [0.25, 0.3) is 5.91 Å². The molecule has 2 atom stereocenters. The van der Waals surface area contributed by atoms with Gasteiger partial charge in [-0.1, -0.05) is 6.92 Å². The second-order valence-electron chi connectivity index (χ2n) is 5.01. The van der Waals surface area contributed by atoms with Gasteiger partial charge in [-0.05, 0) is 19.1 Å². The number of thioether (sulfide) groups is 1. The number of amides is 1. The number of nitrogens with two attached hydrogens (primary N) is 1. The number of thiophene rings is 1. The number of pyridine rings is 1. The average Bonchev–Trinajstić information content (AvgIpc) is 2.79. The minimum absolute atomic E-state index is 0.0464. The average molecular weight is 307 g/mol. The number of hydrogen-bond acceptors (Lipinski definition) is 5. The van der Waals surface area contributed by atoms with Gasteiger partial charge in [-0.3, -0.25) is 9.78 Å². The smallest absolute Gasteiger partial charge is 0.266 e. The summed E-state index contributed by atoms with van der Waals surface area (Å²) in [5.41, 5.74) is 7.39. The van der Waals surface area contributed by atoms with E-state index in [0.717, 1.165) is 22.5 Å². The van der Waals surface area contributed by atoms with Crippen molar-refractivity contribution in [1.29, 1.82) is 0 Å². The molecule has 1 aliphatic heterocycles. The van der Waals surface area contributed by atoms with Gasteiger partial charge in [-0.15, -0.1) is 11.3 Å². The molecular weight excluding hydrogens is 290 g/mol. The van der Waals surface area contributed by atoms with Crippen LogP contribution in [0.25, 0.3) is 10.2 Å². The van der Waals surface area contributed by atoms with E-state index in [1.165, 1.54) is 11.3 Å². The molecule has 1 aliphatic rings. The van der Waals surface area contributed by atoms with E-state index in [4.69, 9.17) is 5.73 Å². The van der Waals surface area contributed by atoms with E-state index >= 15 is 0 Å². The number of nitrogens with zero attached hydrogens (tertiary/aromatic N) is 2. The molecule has 0 bridgehead atoms. The van der Waals surface area contributed by atoms with Crippen LogP contribution in [0.4, 0.5) is 5.69 Å². The normalized spacial score (nSPS) is 23.2. The molecule has 2 unspecified atom stereocenters. The largest absolute Gasteiger partial charge is 0.396 e. The number of rotatable bonds is 1. The van der Waals surface area contributed by atoms with Crippen molar-refractivity contribution in [2.45, 2.75) is 25.1 Å². The highest BCUT2D eigenvalue weighted by Crippen LogP contribution is 2.34. The highest BCUT2D eigenvalue weighted by Gasteiger charge is 2.31. The Morgan fingerprint density at radius 3 is 3.05 bits per heavy atom. The fourth-order valence-corrected chi connectivity index (χ4v) is 4.59. The van der Waals surface area contributed by atoms with Crippen molar-refractivity contribution in [3.8, 4) is 0 Å². The van der Waals surface area contributed by atoms with Gasteiger partial charge in [0, 0.05) is 29.8 Å². The Bertz CT molecular complexity index is 655. The fraction of sp³-hybridized carbons (Fsp3) is 0.429. The molecule has 2 aromatic rings. The van der Waals surface area contributed by atoms with Crippen molar-refractivity contribution in [2.24, 2.45) is 0 Å². The van der Waals surface area contributed by atoms with Gasteiger partial charge in [0.15, 0.2) is 0 Å². The molecule has 0 saturated carbocycles. The Morgan fingerprint density at radius 1 is 1.50 bits per heavy atom. The van der Waals surface area contributed by atoms with Crippen molar-refractivity contribution >= 4 is 44.9 Å². The minimum Gasteiger partial charge on any atom is -0.396 e. The summed E-state index contributed by atoms with van der Waals surface area (Å²) < 4.78 is 0.973. The highest BCUT2D eigenvalue weighted by molar-refractivity contribution is 8.00. The zero-order chi connectivity index (χ0) is 14.3. The molecule has 1 amide bonds. The minimum atomic E-state index is 0.0464. The molecule has 6 heteroatoms. The number of carbonyl (C=O) groups excluding carboxylic acids is 1. The van der Waals surface area contributed by atoms with Crippen LogP contribution < -0.4 is 5.73 Å². The maximum Gasteiger partial charge on any atom is 0.266 e. The number of nitrogen functional groups attached to an aromatic ring is 1. The van der Waals surface area contributed by atoms with Crippen LogP contribution in [0.2, 0.25) is 0 Å². The van der Waals surface area contributed by atoms with Crippen LogP contribution in [0, 0.1) is 0 Å². The quantitative estimate of drug-likeness (QED) is 0.880. The summed E-state index contributed by atoms with van der Waals surface area (Å²) in [6, 6.07) is 4.06. The maximum absolute atomic E-state index is 12.8. The van der Waals surface area contributed by atoms with Crippen molar-refractivity contribution < 1.29 is 4.79 Å². The summed E-state index contributed by atoms with van der Waals surface area (Å²) in [5, 5.41) is 0.460. The Hall–Kier alpha value is -1.27. The first-order valence-corrected chi connectivity index (χ1v) is 8.51. The number of anilines is 1. The van der Waals surface area contributed by atoms with Crippen LogP contribution in [0.3, 0.4) is 0 Å². The lowest BCUT2D eigenvalue weighted by atomic mass is 10.2. The van der Waals surface area contributed by atoms with Crippen molar-refractivity contribution in [2.75, 3.05) is 18.0 Å². The Kier molecular flexibility index (Phi) is 3.60. The van der Waals surface area contributed by atoms with Gasteiger partial charge in [-0.25, -0.2) is 0 Å². The lowest BCUT2D eigenvalue weighted by molar-refractivity contribution is 0.0704. The second-order valence-corrected chi connectivity index (χ2v) is 7.55. The van der Waals surface area contributed by atoms with Gasteiger partial charge < -0.3 is 10.6 Å². The molecule has 4 nitrogen and oxygen atoms in total. The lowest BCUT2D eigenvalue weighted by Gasteiger charge is -2.37. The van der Waals surface area contributed by atoms with Gasteiger partial charge in [0.05, 0.1) is 10.4 Å². The van der Waals surface area contributed by atoms with Crippen molar-refractivity contribution in [1.82, 2.24) is 9.88 Å². The summed E-state index contributed by atoms with van der Waals surface area (Å²) in [6.45, 7) is 5.07. The monoisotopic (exact) mass is 307 g/mol. The summed E-state index contributed by atoms with van der Waals surface area (Å²) >= 11 is 3.36.